The maximum atomic E-state index is 5.29. The maximum Gasteiger partial charge on any atom is 0.226 e. The first kappa shape index (κ1) is 13.7. The molecule has 0 saturated carbocycles. The highest BCUT2D eigenvalue weighted by Gasteiger charge is 2.15. The van der Waals surface area contributed by atoms with Gasteiger partial charge < -0.3 is 4.90 Å². The number of nitrogens with one attached hydrogen (secondary N) is 1. The van der Waals surface area contributed by atoms with Crippen LogP contribution in [0.25, 0.3) is 0 Å². The Balaban J connectivity index is 2.30. The first-order chi connectivity index (χ1) is 9.13. The zero-order valence-electron chi connectivity index (χ0n) is 11.5. The van der Waals surface area contributed by atoms with Crippen molar-refractivity contribution in [2.45, 2.75) is 33.4 Å². The lowest BCUT2D eigenvalue weighted by Gasteiger charge is -2.23. The molecule has 0 atom stereocenters. The van der Waals surface area contributed by atoms with Crippen LogP contribution >= 0.6 is 12.2 Å². The molecule has 102 valence electrons. The van der Waals surface area contributed by atoms with E-state index >= 15 is 0 Å². The molecule has 0 amide bonds. The van der Waals surface area contributed by atoms with Crippen LogP contribution in [0.4, 0.5) is 5.95 Å². The molecule has 2 aromatic rings. The summed E-state index contributed by atoms with van der Waals surface area (Å²) in [7, 11) is 0. The fourth-order valence-corrected chi connectivity index (χ4v) is 2.36. The third-order valence-corrected chi connectivity index (χ3v) is 3.28. The summed E-state index contributed by atoms with van der Waals surface area (Å²) in [5.74, 6) is 0.888. The lowest BCUT2D eigenvalue weighted by Crippen LogP contribution is -2.26. The number of aromatic nitrogens is 4. The molecule has 0 spiro atoms. The van der Waals surface area contributed by atoms with Gasteiger partial charge in [0.05, 0.1) is 0 Å². The van der Waals surface area contributed by atoms with Crippen molar-refractivity contribution in [2.75, 3.05) is 11.4 Å². The van der Waals surface area contributed by atoms with Gasteiger partial charge in [0.2, 0.25) is 5.95 Å². The van der Waals surface area contributed by atoms with Gasteiger partial charge in [0, 0.05) is 31.5 Å². The second-order valence-electron chi connectivity index (χ2n) is 4.66. The highest BCUT2D eigenvalue weighted by molar-refractivity contribution is 7.71. The summed E-state index contributed by atoms with van der Waals surface area (Å²) in [6.07, 6.45) is 3.62. The SMILES string of the molecule is CCN(Cc1ccncc1)c1n[nH]c(=S)n1C(C)C. The maximum absolute atomic E-state index is 5.29. The average molecular weight is 277 g/mol. The second-order valence-corrected chi connectivity index (χ2v) is 5.05. The quantitative estimate of drug-likeness (QED) is 0.854. The van der Waals surface area contributed by atoms with E-state index in [2.05, 4.69) is 40.9 Å². The van der Waals surface area contributed by atoms with Crippen LogP contribution < -0.4 is 4.90 Å². The summed E-state index contributed by atoms with van der Waals surface area (Å²) in [6.45, 7) is 7.99. The van der Waals surface area contributed by atoms with E-state index < -0.39 is 0 Å². The van der Waals surface area contributed by atoms with E-state index in [1.165, 1.54) is 5.56 Å². The van der Waals surface area contributed by atoms with Crippen LogP contribution in [0.5, 0.6) is 0 Å². The Morgan fingerprint density at radius 3 is 2.63 bits per heavy atom. The molecule has 0 radical (unpaired) electrons. The summed E-state index contributed by atoms with van der Waals surface area (Å²) in [5.41, 5.74) is 1.21. The zero-order valence-corrected chi connectivity index (χ0v) is 12.3. The Morgan fingerprint density at radius 1 is 1.37 bits per heavy atom. The summed E-state index contributed by atoms with van der Waals surface area (Å²) in [5, 5.41) is 7.24. The molecule has 0 aromatic carbocycles. The van der Waals surface area contributed by atoms with Crippen LogP contribution in [0, 0.1) is 4.77 Å². The van der Waals surface area contributed by atoms with Gasteiger partial charge >= 0.3 is 0 Å². The molecule has 6 heteroatoms. The molecule has 1 N–H and O–H groups in total. The monoisotopic (exact) mass is 277 g/mol. The van der Waals surface area contributed by atoms with Crippen molar-refractivity contribution >= 4 is 18.2 Å². The number of rotatable bonds is 5. The summed E-state index contributed by atoms with van der Waals surface area (Å²) in [4.78, 5) is 6.24. The molecule has 0 aliphatic heterocycles. The van der Waals surface area contributed by atoms with Crippen molar-refractivity contribution in [2.24, 2.45) is 0 Å². The summed E-state index contributed by atoms with van der Waals surface area (Å²) < 4.78 is 2.71. The topological polar surface area (TPSA) is 49.7 Å². The number of hydrogen-bond acceptors (Lipinski definition) is 4. The molecule has 0 aliphatic carbocycles. The number of anilines is 1. The van der Waals surface area contributed by atoms with Crippen molar-refractivity contribution in [3.63, 3.8) is 0 Å². The molecule has 0 aliphatic rings. The molecule has 0 bridgehead atoms. The van der Waals surface area contributed by atoms with Gasteiger partial charge in [-0.3, -0.25) is 9.55 Å². The minimum absolute atomic E-state index is 0.285. The number of H-pyrrole nitrogens is 1. The zero-order chi connectivity index (χ0) is 13.8. The van der Waals surface area contributed by atoms with Gasteiger partial charge in [-0.15, -0.1) is 5.10 Å². The number of aromatic amines is 1. The van der Waals surface area contributed by atoms with E-state index in [9.17, 15) is 0 Å². The van der Waals surface area contributed by atoms with Crippen molar-refractivity contribution in [1.82, 2.24) is 19.7 Å². The van der Waals surface area contributed by atoms with Gasteiger partial charge in [-0.05, 0) is 50.7 Å². The van der Waals surface area contributed by atoms with Crippen LogP contribution in [0.2, 0.25) is 0 Å². The molecule has 2 aromatic heterocycles. The van der Waals surface area contributed by atoms with Crippen molar-refractivity contribution in [3.05, 3.63) is 34.9 Å². The molecular formula is C13H19N5S. The number of hydrogen-bond donors (Lipinski definition) is 1. The van der Waals surface area contributed by atoms with E-state index in [1.54, 1.807) is 0 Å². The molecule has 19 heavy (non-hydrogen) atoms. The minimum Gasteiger partial charge on any atom is -0.337 e. The molecule has 0 saturated heterocycles. The van der Waals surface area contributed by atoms with Crippen molar-refractivity contribution < 1.29 is 0 Å². The fourth-order valence-electron chi connectivity index (χ4n) is 2.02. The van der Waals surface area contributed by atoms with Gasteiger partial charge in [-0.25, -0.2) is 5.10 Å². The van der Waals surface area contributed by atoms with E-state index in [0.29, 0.717) is 4.77 Å². The van der Waals surface area contributed by atoms with Gasteiger partial charge in [0.15, 0.2) is 4.77 Å². The van der Waals surface area contributed by atoms with Crippen LogP contribution in [-0.2, 0) is 6.54 Å². The van der Waals surface area contributed by atoms with Crippen LogP contribution in [-0.4, -0.2) is 26.3 Å². The molecule has 2 heterocycles. The Bertz CT molecular complexity index is 572. The Hall–Kier alpha value is -1.69. The van der Waals surface area contributed by atoms with E-state index in [4.69, 9.17) is 12.2 Å². The molecular weight excluding hydrogens is 258 g/mol. The van der Waals surface area contributed by atoms with E-state index in [1.807, 2.05) is 29.1 Å². The van der Waals surface area contributed by atoms with Gasteiger partial charge in [-0.1, -0.05) is 0 Å². The molecule has 0 unspecified atom stereocenters. The molecule has 2 rings (SSSR count). The third-order valence-electron chi connectivity index (χ3n) is 2.99. The summed E-state index contributed by atoms with van der Waals surface area (Å²) in [6, 6.07) is 4.32. The third kappa shape index (κ3) is 3.01. The van der Waals surface area contributed by atoms with Crippen molar-refractivity contribution in [1.29, 1.82) is 0 Å². The van der Waals surface area contributed by atoms with Gasteiger partial charge in [0.25, 0.3) is 0 Å². The van der Waals surface area contributed by atoms with Gasteiger partial charge in [0.1, 0.15) is 0 Å². The summed E-state index contributed by atoms with van der Waals surface area (Å²) >= 11 is 5.29. The lowest BCUT2D eigenvalue weighted by molar-refractivity contribution is 0.578. The Kier molecular flexibility index (Phi) is 4.31. The lowest BCUT2D eigenvalue weighted by atomic mass is 10.2. The number of nitrogens with zero attached hydrogens (tertiary/aromatic N) is 4. The normalized spacial score (nSPS) is 10.9. The standard InChI is InChI=1S/C13H19N5S/c1-4-17(9-11-5-7-14-8-6-11)12-15-16-13(19)18(12)10(2)3/h5-8,10H,4,9H2,1-3H3,(H,16,19). The average Bonchev–Trinajstić information content (AvgIpc) is 2.79. The predicted octanol–water partition coefficient (Wildman–Crippen LogP) is 2.94. The minimum atomic E-state index is 0.285. The fraction of sp³-hybridized carbons (Fsp3) is 0.462. The van der Waals surface area contributed by atoms with Crippen LogP contribution in [0.3, 0.4) is 0 Å². The number of pyridine rings is 1. The molecule has 5 nitrogen and oxygen atoms in total. The Labute approximate surface area is 118 Å². The first-order valence-corrected chi connectivity index (χ1v) is 6.85. The Morgan fingerprint density at radius 2 is 2.05 bits per heavy atom. The largest absolute Gasteiger partial charge is 0.337 e. The van der Waals surface area contributed by atoms with Crippen molar-refractivity contribution in [3.8, 4) is 0 Å². The van der Waals surface area contributed by atoms with Crippen LogP contribution in [0.1, 0.15) is 32.4 Å². The van der Waals surface area contributed by atoms with E-state index in [-0.39, 0.29) is 6.04 Å². The first-order valence-electron chi connectivity index (χ1n) is 6.44. The predicted molar refractivity (Wildman–Crippen MR) is 78.8 cm³/mol. The second kappa shape index (κ2) is 5.97. The smallest absolute Gasteiger partial charge is 0.226 e. The molecule has 0 fully saturated rings. The highest BCUT2D eigenvalue weighted by atomic mass is 32.1. The van der Waals surface area contributed by atoms with Crippen LogP contribution in [0.15, 0.2) is 24.5 Å². The van der Waals surface area contributed by atoms with E-state index in [0.717, 1.165) is 19.0 Å². The highest BCUT2D eigenvalue weighted by Crippen LogP contribution is 2.19. The van der Waals surface area contributed by atoms with Gasteiger partial charge in [-0.2, -0.15) is 0 Å².